The third-order valence-electron chi connectivity index (χ3n) is 3.88. The van der Waals surface area contributed by atoms with E-state index >= 15 is 0 Å². The van der Waals surface area contributed by atoms with Crippen LogP contribution >= 0.6 is 11.6 Å². The minimum atomic E-state index is -0.470. The van der Waals surface area contributed by atoms with Crippen molar-refractivity contribution in [1.29, 1.82) is 0 Å². The maximum absolute atomic E-state index is 12.5. The van der Waals surface area contributed by atoms with E-state index in [4.69, 9.17) is 25.8 Å². The van der Waals surface area contributed by atoms with Gasteiger partial charge in [0.15, 0.2) is 5.69 Å². The van der Waals surface area contributed by atoms with Crippen LogP contribution in [0.5, 0.6) is 5.75 Å². The van der Waals surface area contributed by atoms with Crippen LogP contribution in [0.25, 0.3) is 21.8 Å². The zero-order valence-electron chi connectivity index (χ0n) is 15.0. The van der Waals surface area contributed by atoms with Crippen LogP contribution in [0.3, 0.4) is 0 Å². The van der Waals surface area contributed by atoms with Crippen molar-refractivity contribution in [2.45, 2.75) is 26.6 Å². The summed E-state index contributed by atoms with van der Waals surface area (Å²) in [6.07, 6.45) is 1.40. The van der Waals surface area contributed by atoms with E-state index < -0.39 is 5.97 Å². The Kier molecular flexibility index (Phi) is 5.64. The number of methoxy groups -OCH3 is 1. The highest BCUT2D eigenvalue weighted by Gasteiger charge is 2.22. The number of alkyl halides is 1. The van der Waals surface area contributed by atoms with Crippen molar-refractivity contribution in [1.82, 2.24) is 9.97 Å². The number of hydrogen-bond donors (Lipinski definition) is 1. The van der Waals surface area contributed by atoms with Crippen molar-refractivity contribution in [2.24, 2.45) is 0 Å². The van der Waals surface area contributed by atoms with Crippen LogP contribution in [0.15, 0.2) is 24.4 Å². The van der Waals surface area contributed by atoms with Gasteiger partial charge in [0, 0.05) is 23.4 Å². The van der Waals surface area contributed by atoms with Gasteiger partial charge in [0.25, 0.3) is 0 Å². The standard InChI is InChI=1S/C19H21ClN2O4/c1-11(2)26-19(23)18-12(10-24-3)16-14(9-21-18)22-13-5-4-6-15(17(13)16)25-8-7-20/h4-6,9,11,22H,7-8,10H2,1-3H3. The van der Waals surface area contributed by atoms with Gasteiger partial charge in [-0.05, 0) is 26.0 Å². The van der Waals surface area contributed by atoms with Crippen LogP contribution in [0.2, 0.25) is 0 Å². The Labute approximate surface area is 156 Å². The molecule has 3 aromatic rings. The molecule has 138 valence electrons. The molecule has 0 bridgehead atoms. The Hall–Kier alpha value is -2.31. The summed E-state index contributed by atoms with van der Waals surface area (Å²) in [4.78, 5) is 20.1. The number of ether oxygens (including phenoxy) is 3. The molecule has 0 atom stereocenters. The molecule has 3 rings (SSSR count). The van der Waals surface area contributed by atoms with Crippen molar-refractivity contribution in [2.75, 3.05) is 19.6 Å². The van der Waals surface area contributed by atoms with E-state index in [-0.39, 0.29) is 18.4 Å². The van der Waals surface area contributed by atoms with E-state index in [0.29, 0.717) is 23.8 Å². The van der Waals surface area contributed by atoms with Gasteiger partial charge < -0.3 is 19.2 Å². The molecule has 0 spiro atoms. The molecule has 0 amide bonds. The number of H-pyrrole nitrogens is 1. The van der Waals surface area contributed by atoms with Crippen LogP contribution in [0.1, 0.15) is 29.9 Å². The molecule has 7 heteroatoms. The summed E-state index contributed by atoms with van der Waals surface area (Å²) in [6.45, 7) is 4.22. The highest BCUT2D eigenvalue weighted by molar-refractivity contribution is 6.18. The molecule has 0 aliphatic rings. The second kappa shape index (κ2) is 7.93. The van der Waals surface area contributed by atoms with E-state index in [1.165, 1.54) is 0 Å². The minimum absolute atomic E-state index is 0.226. The highest BCUT2D eigenvalue weighted by atomic mass is 35.5. The molecule has 1 N–H and O–H groups in total. The molecule has 0 radical (unpaired) electrons. The monoisotopic (exact) mass is 376 g/mol. The van der Waals surface area contributed by atoms with E-state index in [9.17, 15) is 4.79 Å². The fraction of sp³-hybridized carbons (Fsp3) is 0.368. The largest absolute Gasteiger partial charge is 0.492 e. The molecule has 1 aromatic carbocycles. The van der Waals surface area contributed by atoms with Crippen molar-refractivity contribution >= 4 is 39.4 Å². The molecule has 0 unspecified atom stereocenters. The Morgan fingerprint density at radius 3 is 2.77 bits per heavy atom. The van der Waals surface area contributed by atoms with Crippen LogP contribution in [-0.4, -0.2) is 41.6 Å². The summed E-state index contributed by atoms with van der Waals surface area (Å²) in [5.41, 5.74) is 2.61. The quantitative estimate of drug-likeness (QED) is 0.497. The van der Waals surface area contributed by atoms with Crippen LogP contribution in [-0.2, 0) is 16.1 Å². The topological polar surface area (TPSA) is 73.4 Å². The van der Waals surface area contributed by atoms with Gasteiger partial charge in [-0.25, -0.2) is 9.78 Å². The maximum Gasteiger partial charge on any atom is 0.357 e. The van der Waals surface area contributed by atoms with Gasteiger partial charge in [-0.2, -0.15) is 0 Å². The lowest BCUT2D eigenvalue weighted by Gasteiger charge is -2.12. The Morgan fingerprint density at radius 1 is 1.27 bits per heavy atom. The van der Waals surface area contributed by atoms with Crippen LogP contribution < -0.4 is 4.74 Å². The molecule has 0 aliphatic carbocycles. The van der Waals surface area contributed by atoms with Crippen molar-refractivity contribution in [3.63, 3.8) is 0 Å². The minimum Gasteiger partial charge on any atom is -0.492 e. The zero-order valence-corrected chi connectivity index (χ0v) is 15.7. The Bertz CT molecular complexity index is 936. The first kappa shape index (κ1) is 18.5. The predicted molar refractivity (Wildman–Crippen MR) is 101 cm³/mol. The third-order valence-corrected chi connectivity index (χ3v) is 4.04. The molecular weight excluding hydrogens is 356 g/mol. The predicted octanol–water partition coefficient (Wildman–Crippen LogP) is 4.05. The zero-order chi connectivity index (χ0) is 18.7. The maximum atomic E-state index is 12.5. The third kappa shape index (κ3) is 3.48. The molecule has 26 heavy (non-hydrogen) atoms. The first-order valence-electron chi connectivity index (χ1n) is 8.37. The number of carbonyl (C=O) groups is 1. The lowest BCUT2D eigenvalue weighted by molar-refractivity contribution is 0.0366. The summed E-state index contributed by atoms with van der Waals surface area (Å²) in [6, 6.07) is 5.73. The number of nitrogens with zero attached hydrogens (tertiary/aromatic N) is 1. The number of esters is 1. The number of pyridine rings is 1. The Balaban J connectivity index is 2.27. The average Bonchev–Trinajstić information content (AvgIpc) is 2.99. The molecule has 6 nitrogen and oxygen atoms in total. The molecule has 2 heterocycles. The number of nitrogens with one attached hydrogen (secondary N) is 1. The van der Waals surface area contributed by atoms with Crippen LogP contribution in [0.4, 0.5) is 0 Å². The number of fused-ring (bicyclic) bond motifs is 3. The van der Waals surface area contributed by atoms with Crippen molar-refractivity contribution < 1.29 is 19.0 Å². The summed E-state index contributed by atoms with van der Waals surface area (Å²) in [5, 5.41) is 1.72. The number of rotatable bonds is 7. The van der Waals surface area contributed by atoms with E-state index in [1.807, 2.05) is 18.2 Å². The SMILES string of the molecule is COCc1c(C(=O)OC(C)C)ncc2[nH]c3cccc(OCCCl)c3c12. The second-order valence-electron chi connectivity index (χ2n) is 6.10. The summed E-state index contributed by atoms with van der Waals surface area (Å²) >= 11 is 5.77. The fourth-order valence-corrected chi connectivity index (χ4v) is 3.05. The molecular formula is C19H21ClN2O4. The highest BCUT2D eigenvalue weighted by Crippen LogP contribution is 2.36. The summed E-state index contributed by atoms with van der Waals surface area (Å²) in [7, 11) is 1.58. The lowest BCUT2D eigenvalue weighted by atomic mass is 10.0. The first-order valence-corrected chi connectivity index (χ1v) is 8.91. The van der Waals surface area contributed by atoms with Gasteiger partial charge in [0.05, 0.1) is 35.8 Å². The second-order valence-corrected chi connectivity index (χ2v) is 6.48. The summed E-state index contributed by atoms with van der Waals surface area (Å²) < 4.78 is 16.5. The number of hydrogen-bond acceptors (Lipinski definition) is 5. The molecule has 0 fully saturated rings. The normalized spacial score (nSPS) is 11.4. The number of aromatic amines is 1. The number of halogens is 1. The van der Waals surface area contributed by atoms with Gasteiger partial charge in [0.1, 0.15) is 12.4 Å². The number of benzene rings is 1. The van der Waals surface area contributed by atoms with Crippen LogP contribution in [0, 0.1) is 0 Å². The van der Waals surface area contributed by atoms with Gasteiger partial charge in [-0.1, -0.05) is 6.07 Å². The van der Waals surface area contributed by atoms with Crippen molar-refractivity contribution in [3.8, 4) is 5.75 Å². The fourth-order valence-electron chi connectivity index (χ4n) is 2.97. The molecule has 0 saturated heterocycles. The van der Waals surface area contributed by atoms with Gasteiger partial charge >= 0.3 is 5.97 Å². The van der Waals surface area contributed by atoms with Gasteiger partial charge in [0.2, 0.25) is 0 Å². The molecule has 0 saturated carbocycles. The number of carbonyl (C=O) groups excluding carboxylic acids is 1. The van der Waals surface area contributed by atoms with Gasteiger partial charge in [-0.3, -0.25) is 0 Å². The summed E-state index contributed by atoms with van der Waals surface area (Å²) in [5.74, 6) is 0.612. The van der Waals surface area contributed by atoms with E-state index in [2.05, 4.69) is 9.97 Å². The van der Waals surface area contributed by atoms with Crippen molar-refractivity contribution in [3.05, 3.63) is 35.7 Å². The average molecular weight is 377 g/mol. The first-order chi connectivity index (χ1) is 12.6. The Morgan fingerprint density at radius 2 is 2.08 bits per heavy atom. The van der Waals surface area contributed by atoms with Gasteiger partial charge in [-0.15, -0.1) is 11.6 Å². The smallest absolute Gasteiger partial charge is 0.357 e. The number of aromatic nitrogens is 2. The lowest BCUT2D eigenvalue weighted by Crippen LogP contribution is -2.15. The molecule has 0 aliphatic heterocycles. The van der Waals surface area contributed by atoms with E-state index in [0.717, 1.165) is 21.8 Å². The molecule has 2 aromatic heterocycles. The van der Waals surface area contributed by atoms with E-state index in [1.54, 1.807) is 27.2 Å².